The number of carbonyl (C=O) groups excluding carboxylic acids is 1. The Hall–Kier alpha value is -1.07. The molecule has 0 unspecified atom stereocenters. The van der Waals surface area contributed by atoms with Crippen molar-refractivity contribution in [1.29, 1.82) is 0 Å². The summed E-state index contributed by atoms with van der Waals surface area (Å²) in [6.07, 6.45) is -2.47. The van der Waals surface area contributed by atoms with Crippen LogP contribution in [0.15, 0.2) is 18.2 Å². The van der Waals surface area contributed by atoms with E-state index in [9.17, 15) is 18.0 Å². The molecule has 0 aliphatic rings. The van der Waals surface area contributed by atoms with Crippen molar-refractivity contribution < 1.29 is 22.7 Å². The van der Waals surface area contributed by atoms with Crippen molar-refractivity contribution in [3.05, 3.63) is 34.6 Å². The van der Waals surface area contributed by atoms with E-state index < -0.39 is 18.8 Å². The minimum Gasteiger partial charge on any atom is -0.375 e. The Morgan fingerprint density at radius 2 is 2.11 bits per heavy atom. The average Bonchev–Trinajstić information content (AvgIpc) is 2.28. The Morgan fingerprint density at radius 1 is 1.39 bits per heavy atom. The zero-order valence-electron chi connectivity index (χ0n) is 9.47. The van der Waals surface area contributed by atoms with Gasteiger partial charge >= 0.3 is 0 Å². The van der Waals surface area contributed by atoms with Gasteiger partial charge in [0.15, 0.2) is 0 Å². The molecule has 1 rings (SSSR count). The number of ether oxygens (including phenoxy) is 1. The third-order valence-electron chi connectivity index (χ3n) is 2.17. The van der Waals surface area contributed by atoms with Gasteiger partial charge < -0.3 is 4.74 Å². The number of Topliss-reactive ketones (excluding diaryl/α,β-unsaturated/α-hetero) is 1. The predicted octanol–water partition coefficient (Wildman–Crippen LogP) is 3.26. The number of halogens is 4. The van der Waals surface area contributed by atoms with Gasteiger partial charge in [0, 0.05) is 17.9 Å². The summed E-state index contributed by atoms with van der Waals surface area (Å²) in [6.45, 7) is -0.730. The Balaban J connectivity index is 2.35. The first-order valence-corrected chi connectivity index (χ1v) is 5.68. The molecule has 0 saturated heterocycles. The number of hydrogen-bond donors (Lipinski definition) is 0. The van der Waals surface area contributed by atoms with Crippen LogP contribution in [-0.2, 0) is 16.0 Å². The summed E-state index contributed by atoms with van der Waals surface area (Å²) >= 11 is 5.75. The van der Waals surface area contributed by atoms with Gasteiger partial charge in [-0.2, -0.15) is 0 Å². The Morgan fingerprint density at radius 3 is 2.72 bits per heavy atom. The highest BCUT2D eigenvalue weighted by Gasteiger charge is 2.09. The van der Waals surface area contributed by atoms with Crippen LogP contribution in [0.2, 0.25) is 5.02 Å². The highest BCUT2D eigenvalue weighted by Crippen LogP contribution is 2.18. The SMILES string of the molecule is O=C(CCOCC(F)F)Cc1ccc(F)cc1Cl. The Kier molecular flexibility index (Phi) is 6.15. The van der Waals surface area contributed by atoms with E-state index >= 15 is 0 Å². The molecule has 1 aromatic carbocycles. The average molecular weight is 281 g/mol. The van der Waals surface area contributed by atoms with Crippen LogP contribution in [-0.4, -0.2) is 25.4 Å². The van der Waals surface area contributed by atoms with Crippen LogP contribution in [0, 0.1) is 5.82 Å². The molecule has 0 aliphatic heterocycles. The molecule has 1 aromatic rings. The van der Waals surface area contributed by atoms with Crippen molar-refractivity contribution in [2.45, 2.75) is 19.3 Å². The number of carbonyl (C=O) groups is 1. The fourth-order valence-corrected chi connectivity index (χ4v) is 1.56. The van der Waals surface area contributed by atoms with Crippen LogP contribution in [0.4, 0.5) is 13.2 Å². The van der Waals surface area contributed by atoms with Gasteiger partial charge in [-0.15, -0.1) is 0 Å². The molecule has 6 heteroatoms. The maximum absolute atomic E-state index is 12.7. The zero-order chi connectivity index (χ0) is 13.5. The summed E-state index contributed by atoms with van der Waals surface area (Å²) in [5.41, 5.74) is 0.511. The Bertz CT molecular complexity index is 410. The maximum Gasteiger partial charge on any atom is 0.261 e. The summed E-state index contributed by atoms with van der Waals surface area (Å²) in [6, 6.07) is 3.76. The molecule has 0 aliphatic carbocycles. The number of ketones is 1. The van der Waals surface area contributed by atoms with E-state index in [1.54, 1.807) is 0 Å². The van der Waals surface area contributed by atoms with Gasteiger partial charge in [0.1, 0.15) is 18.2 Å². The molecule has 0 N–H and O–H groups in total. The lowest BCUT2D eigenvalue weighted by molar-refractivity contribution is -0.119. The van der Waals surface area contributed by atoms with Gasteiger partial charge in [0.05, 0.1) is 6.61 Å². The van der Waals surface area contributed by atoms with Gasteiger partial charge in [-0.3, -0.25) is 4.79 Å². The summed E-state index contributed by atoms with van der Waals surface area (Å²) < 4.78 is 40.8. The molecular formula is C12H12ClF3O2. The van der Waals surface area contributed by atoms with E-state index in [1.165, 1.54) is 12.1 Å². The second-order valence-corrected chi connectivity index (χ2v) is 4.07. The number of benzene rings is 1. The predicted molar refractivity (Wildman–Crippen MR) is 61.6 cm³/mol. The van der Waals surface area contributed by atoms with Gasteiger partial charge in [-0.05, 0) is 17.7 Å². The third kappa shape index (κ3) is 5.51. The molecule has 2 nitrogen and oxygen atoms in total. The molecule has 0 saturated carbocycles. The van der Waals surface area contributed by atoms with Gasteiger partial charge in [-0.1, -0.05) is 17.7 Å². The molecule has 100 valence electrons. The van der Waals surface area contributed by atoms with Crippen molar-refractivity contribution >= 4 is 17.4 Å². The van der Waals surface area contributed by atoms with Crippen molar-refractivity contribution in [3.63, 3.8) is 0 Å². The van der Waals surface area contributed by atoms with E-state index in [1.807, 2.05) is 0 Å². The lowest BCUT2D eigenvalue weighted by Crippen LogP contribution is -2.11. The van der Waals surface area contributed by atoms with Crippen LogP contribution < -0.4 is 0 Å². The largest absolute Gasteiger partial charge is 0.375 e. The summed E-state index contributed by atoms with van der Waals surface area (Å²) in [5.74, 6) is -0.672. The molecule has 0 fully saturated rings. The molecular weight excluding hydrogens is 269 g/mol. The first-order valence-electron chi connectivity index (χ1n) is 5.30. The van der Waals surface area contributed by atoms with E-state index in [0.717, 1.165) is 6.07 Å². The van der Waals surface area contributed by atoms with Crippen LogP contribution in [0.5, 0.6) is 0 Å². The molecule has 0 radical (unpaired) electrons. The van der Waals surface area contributed by atoms with Crippen LogP contribution in [0.3, 0.4) is 0 Å². The van der Waals surface area contributed by atoms with Crippen molar-refractivity contribution in [2.24, 2.45) is 0 Å². The molecule has 0 amide bonds. The van der Waals surface area contributed by atoms with Gasteiger partial charge in [0.25, 0.3) is 6.43 Å². The molecule has 0 spiro atoms. The summed E-state index contributed by atoms with van der Waals surface area (Å²) in [7, 11) is 0. The minimum absolute atomic E-state index is 0.0282. The fraction of sp³-hybridized carbons (Fsp3) is 0.417. The fourth-order valence-electron chi connectivity index (χ4n) is 1.32. The van der Waals surface area contributed by atoms with Crippen LogP contribution in [0.25, 0.3) is 0 Å². The van der Waals surface area contributed by atoms with Gasteiger partial charge in [0.2, 0.25) is 0 Å². The molecule has 18 heavy (non-hydrogen) atoms. The van der Waals surface area contributed by atoms with E-state index in [4.69, 9.17) is 11.6 Å². The number of alkyl halides is 2. The number of rotatable bonds is 7. The lowest BCUT2D eigenvalue weighted by Gasteiger charge is -2.05. The summed E-state index contributed by atoms with van der Waals surface area (Å²) in [4.78, 5) is 11.5. The molecule has 0 heterocycles. The topological polar surface area (TPSA) is 26.3 Å². The zero-order valence-corrected chi connectivity index (χ0v) is 10.2. The van der Waals surface area contributed by atoms with Gasteiger partial charge in [-0.25, -0.2) is 13.2 Å². The van der Waals surface area contributed by atoms with E-state index in [-0.39, 0.29) is 30.3 Å². The van der Waals surface area contributed by atoms with Crippen molar-refractivity contribution in [3.8, 4) is 0 Å². The standard InChI is InChI=1S/C12H12ClF3O2/c13-11-6-9(14)2-1-8(11)5-10(17)3-4-18-7-12(15)16/h1-2,6,12H,3-5,7H2. The number of hydrogen-bond acceptors (Lipinski definition) is 2. The second kappa shape index (κ2) is 7.38. The first-order chi connectivity index (χ1) is 8.49. The minimum atomic E-state index is -2.54. The van der Waals surface area contributed by atoms with Crippen LogP contribution >= 0.6 is 11.6 Å². The van der Waals surface area contributed by atoms with Crippen LogP contribution in [0.1, 0.15) is 12.0 Å². The quantitative estimate of drug-likeness (QED) is 0.717. The third-order valence-corrected chi connectivity index (χ3v) is 2.52. The van der Waals surface area contributed by atoms with Crippen molar-refractivity contribution in [2.75, 3.05) is 13.2 Å². The first kappa shape index (κ1) is 15.0. The highest BCUT2D eigenvalue weighted by molar-refractivity contribution is 6.31. The molecule has 0 bridgehead atoms. The molecule has 0 aromatic heterocycles. The Labute approximate surface area is 108 Å². The smallest absolute Gasteiger partial charge is 0.261 e. The second-order valence-electron chi connectivity index (χ2n) is 3.67. The normalized spacial score (nSPS) is 10.9. The van der Waals surface area contributed by atoms with E-state index in [0.29, 0.717) is 5.56 Å². The maximum atomic E-state index is 12.7. The van der Waals surface area contributed by atoms with E-state index in [2.05, 4.69) is 4.74 Å². The molecule has 0 atom stereocenters. The van der Waals surface area contributed by atoms with Crippen molar-refractivity contribution in [1.82, 2.24) is 0 Å². The lowest BCUT2D eigenvalue weighted by atomic mass is 10.1. The summed E-state index contributed by atoms with van der Waals surface area (Å²) in [5, 5.41) is 0.178. The highest BCUT2D eigenvalue weighted by atomic mass is 35.5. The monoisotopic (exact) mass is 280 g/mol.